The Morgan fingerprint density at radius 3 is 3.00 bits per heavy atom. The molecule has 1 aromatic heterocycles. The molecule has 0 radical (unpaired) electrons. The van der Waals surface area contributed by atoms with Gasteiger partial charge in [-0.15, -0.1) is 0 Å². The Bertz CT molecular complexity index is 756. The predicted molar refractivity (Wildman–Crippen MR) is 92.8 cm³/mol. The first kappa shape index (κ1) is 16.8. The van der Waals surface area contributed by atoms with Gasteiger partial charge in [-0.2, -0.15) is 0 Å². The standard InChI is InChI=1S/C18H21ClN2O3/c1-12(16-10-13-9-14(19)6-7-15(13)24-16)20-17(22)11-21-8-4-2-3-5-18(21)23/h6-7,9-10,12H,2-5,8,11H2,1H3,(H,20,22)/t12-/m0/s1. The molecule has 0 saturated carbocycles. The first-order valence-corrected chi connectivity index (χ1v) is 8.67. The van der Waals surface area contributed by atoms with Crippen molar-refractivity contribution in [2.45, 2.75) is 38.6 Å². The van der Waals surface area contributed by atoms with Crippen LogP contribution in [0.4, 0.5) is 0 Å². The Morgan fingerprint density at radius 1 is 1.33 bits per heavy atom. The summed E-state index contributed by atoms with van der Waals surface area (Å²) in [6.07, 6.45) is 3.45. The number of nitrogens with one attached hydrogen (secondary N) is 1. The van der Waals surface area contributed by atoms with Gasteiger partial charge in [0.15, 0.2) is 0 Å². The van der Waals surface area contributed by atoms with Gasteiger partial charge < -0.3 is 14.6 Å². The average molecular weight is 349 g/mol. The van der Waals surface area contributed by atoms with Crippen molar-refractivity contribution in [1.82, 2.24) is 10.2 Å². The minimum atomic E-state index is -0.272. The Hall–Kier alpha value is -2.01. The molecule has 1 atom stereocenters. The van der Waals surface area contributed by atoms with Gasteiger partial charge in [0.2, 0.25) is 11.8 Å². The fourth-order valence-corrected chi connectivity index (χ4v) is 3.17. The van der Waals surface area contributed by atoms with E-state index in [1.807, 2.05) is 25.1 Å². The maximum Gasteiger partial charge on any atom is 0.240 e. The molecule has 1 aliphatic heterocycles. The summed E-state index contributed by atoms with van der Waals surface area (Å²) in [5, 5.41) is 4.45. The molecule has 24 heavy (non-hydrogen) atoms. The number of halogens is 1. The number of furan rings is 1. The molecule has 128 valence electrons. The minimum absolute atomic E-state index is 0.0636. The molecule has 1 aromatic carbocycles. The molecule has 1 saturated heterocycles. The molecule has 2 heterocycles. The molecule has 6 heteroatoms. The lowest BCUT2D eigenvalue weighted by atomic mass is 10.2. The highest BCUT2D eigenvalue weighted by Crippen LogP contribution is 2.26. The molecular weight excluding hydrogens is 328 g/mol. The van der Waals surface area contributed by atoms with Crippen molar-refractivity contribution in [2.24, 2.45) is 0 Å². The smallest absolute Gasteiger partial charge is 0.240 e. The lowest BCUT2D eigenvalue weighted by Gasteiger charge is -2.21. The van der Waals surface area contributed by atoms with E-state index in [1.165, 1.54) is 0 Å². The van der Waals surface area contributed by atoms with E-state index in [2.05, 4.69) is 5.32 Å². The van der Waals surface area contributed by atoms with Crippen molar-refractivity contribution in [3.8, 4) is 0 Å². The first-order chi connectivity index (χ1) is 11.5. The number of amides is 2. The number of carbonyl (C=O) groups excluding carboxylic acids is 2. The summed E-state index contributed by atoms with van der Waals surface area (Å²) in [7, 11) is 0. The minimum Gasteiger partial charge on any atom is -0.459 e. The topological polar surface area (TPSA) is 62.6 Å². The first-order valence-electron chi connectivity index (χ1n) is 8.29. The number of hydrogen-bond donors (Lipinski definition) is 1. The molecule has 0 aliphatic carbocycles. The summed E-state index contributed by atoms with van der Waals surface area (Å²) >= 11 is 5.98. The number of likely N-dealkylation sites (tertiary alicyclic amines) is 1. The third-order valence-electron chi connectivity index (χ3n) is 4.31. The van der Waals surface area contributed by atoms with Crippen LogP contribution in [0.1, 0.15) is 44.4 Å². The maximum atomic E-state index is 12.3. The third-order valence-corrected chi connectivity index (χ3v) is 4.54. The second kappa shape index (κ2) is 7.26. The molecule has 2 aromatic rings. The lowest BCUT2D eigenvalue weighted by Crippen LogP contribution is -2.41. The van der Waals surface area contributed by atoms with Crippen LogP contribution in [0.5, 0.6) is 0 Å². The van der Waals surface area contributed by atoms with Crippen molar-refractivity contribution in [2.75, 3.05) is 13.1 Å². The quantitative estimate of drug-likeness (QED) is 0.917. The number of hydrogen-bond acceptors (Lipinski definition) is 3. The number of carbonyl (C=O) groups is 2. The zero-order valence-corrected chi connectivity index (χ0v) is 14.4. The van der Waals surface area contributed by atoms with Gasteiger partial charge in [-0.3, -0.25) is 9.59 Å². The predicted octanol–water partition coefficient (Wildman–Crippen LogP) is 3.67. The van der Waals surface area contributed by atoms with Crippen molar-refractivity contribution in [3.63, 3.8) is 0 Å². The largest absolute Gasteiger partial charge is 0.459 e. The zero-order chi connectivity index (χ0) is 17.1. The highest BCUT2D eigenvalue weighted by molar-refractivity contribution is 6.31. The van der Waals surface area contributed by atoms with Crippen LogP contribution in [0.3, 0.4) is 0 Å². The normalized spacial score (nSPS) is 16.9. The number of nitrogens with zero attached hydrogens (tertiary/aromatic N) is 1. The van der Waals surface area contributed by atoms with Crippen LogP contribution in [0.25, 0.3) is 11.0 Å². The van der Waals surface area contributed by atoms with E-state index in [0.717, 1.165) is 30.2 Å². The molecule has 0 spiro atoms. The summed E-state index contributed by atoms with van der Waals surface area (Å²) < 4.78 is 5.76. The second-order valence-corrected chi connectivity index (χ2v) is 6.68. The van der Waals surface area contributed by atoms with E-state index in [1.54, 1.807) is 11.0 Å². The summed E-state index contributed by atoms with van der Waals surface area (Å²) in [6.45, 7) is 2.63. The van der Waals surface area contributed by atoms with Crippen molar-refractivity contribution in [1.29, 1.82) is 0 Å². The summed E-state index contributed by atoms with van der Waals surface area (Å²) in [6, 6.07) is 7.01. The third kappa shape index (κ3) is 3.90. The molecule has 2 amide bonds. The number of fused-ring (bicyclic) bond motifs is 1. The van der Waals surface area contributed by atoms with E-state index >= 15 is 0 Å². The Balaban J connectivity index is 1.63. The van der Waals surface area contributed by atoms with Gasteiger partial charge in [0.25, 0.3) is 0 Å². The highest BCUT2D eigenvalue weighted by Gasteiger charge is 2.21. The van der Waals surface area contributed by atoms with E-state index in [-0.39, 0.29) is 24.4 Å². The van der Waals surface area contributed by atoms with Crippen molar-refractivity contribution < 1.29 is 14.0 Å². The summed E-state index contributed by atoms with van der Waals surface area (Å²) in [5.41, 5.74) is 0.734. The van der Waals surface area contributed by atoms with Gasteiger partial charge in [-0.25, -0.2) is 0 Å². The van der Waals surface area contributed by atoms with Crippen molar-refractivity contribution >= 4 is 34.4 Å². The van der Waals surface area contributed by atoms with E-state index in [9.17, 15) is 9.59 Å². The van der Waals surface area contributed by atoms with Gasteiger partial charge in [0.1, 0.15) is 11.3 Å². The SMILES string of the molecule is C[C@H](NC(=O)CN1CCCCCC1=O)c1cc2cc(Cl)ccc2o1. The van der Waals surface area contributed by atoms with Crippen LogP contribution in [0.2, 0.25) is 5.02 Å². The fourth-order valence-electron chi connectivity index (χ4n) is 2.99. The van der Waals surface area contributed by atoms with Crippen LogP contribution < -0.4 is 5.32 Å². The maximum absolute atomic E-state index is 12.3. The van der Waals surface area contributed by atoms with Crippen LogP contribution in [-0.2, 0) is 9.59 Å². The molecule has 1 aliphatic rings. The van der Waals surface area contributed by atoms with Gasteiger partial charge in [0, 0.05) is 23.4 Å². The molecule has 0 unspecified atom stereocenters. The summed E-state index contributed by atoms with van der Waals surface area (Å²) in [4.78, 5) is 25.9. The van der Waals surface area contributed by atoms with Crippen LogP contribution in [0.15, 0.2) is 28.7 Å². The van der Waals surface area contributed by atoms with Crippen LogP contribution in [-0.4, -0.2) is 29.8 Å². The number of rotatable bonds is 4. The van der Waals surface area contributed by atoms with Gasteiger partial charge in [-0.1, -0.05) is 18.0 Å². The van der Waals surface area contributed by atoms with Crippen LogP contribution in [0, 0.1) is 0 Å². The molecule has 1 N–H and O–H groups in total. The van der Waals surface area contributed by atoms with E-state index in [0.29, 0.717) is 23.7 Å². The highest BCUT2D eigenvalue weighted by atomic mass is 35.5. The summed E-state index contributed by atoms with van der Waals surface area (Å²) in [5.74, 6) is 0.563. The Morgan fingerprint density at radius 2 is 2.17 bits per heavy atom. The zero-order valence-electron chi connectivity index (χ0n) is 13.7. The molecule has 1 fully saturated rings. The Kier molecular flexibility index (Phi) is 5.09. The fraction of sp³-hybridized carbons (Fsp3) is 0.444. The van der Waals surface area contributed by atoms with Gasteiger partial charge in [0.05, 0.1) is 12.6 Å². The van der Waals surface area contributed by atoms with E-state index in [4.69, 9.17) is 16.0 Å². The number of benzene rings is 1. The van der Waals surface area contributed by atoms with Crippen LogP contribution >= 0.6 is 11.6 Å². The molecule has 3 rings (SSSR count). The second-order valence-electron chi connectivity index (χ2n) is 6.25. The van der Waals surface area contributed by atoms with Gasteiger partial charge in [-0.05, 0) is 44.0 Å². The monoisotopic (exact) mass is 348 g/mol. The Labute approximate surface area is 145 Å². The molecule has 0 bridgehead atoms. The molecule has 5 nitrogen and oxygen atoms in total. The van der Waals surface area contributed by atoms with Gasteiger partial charge >= 0.3 is 0 Å². The van der Waals surface area contributed by atoms with Crippen molar-refractivity contribution in [3.05, 3.63) is 35.0 Å². The average Bonchev–Trinajstić information content (AvgIpc) is 2.86. The lowest BCUT2D eigenvalue weighted by molar-refractivity contribution is -0.135. The van der Waals surface area contributed by atoms with E-state index < -0.39 is 0 Å². The molecular formula is C18H21ClN2O3.